The Hall–Kier alpha value is -1.39. The Morgan fingerprint density at radius 2 is 2.27 bits per heavy atom. The van der Waals surface area contributed by atoms with E-state index in [0.717, 1.165) is 0 Å². The van der Waals surface area contributed by atoms with Crippen molar-refractivity contribution in [1.82, 2.24) is 9.88 Å². The van der Waals surface area contributed by atoms with Crippen LogP contribution in [-0.4, -0.2) is 22.4 Å². The van der Waals surface area contributed by atoms with Crippen LogP contribution in [0.15, 0.2) is 18.3 Å². The zero-order chi connectivity index (χ0) is 11.1. The van der Waals surface area contributed by atoms with Crippen LogP contribution in [-0.2, 0) is 7.05 Å². The zero-order valence-electron chi connectivity index (χ0n) is 8.34. The molecule has 1 aromatic rings. The highest BCUT2D eigenvalue weighted by molar-refractivity contribution is 5.92. The van der Waals surface area contributed by atoms with E-state index in [1.807, 2.05) is 0 Å². The minimum absolute atomic E-state index is 0.247. The topological polar surface area (TPSA) is 34.0 Å². The second-order valence-corrected chi connectivity index (χ2v) is 3.94. The van der Waals surface area contributed by atoms with Crippen LogP contribution in [0.3, 0.4) is 0 Å². The van der Waals surface area contributed by atoms with E-state index >= 15 is 0 Å². The molecular formula is C10H12F2N2O. The zero-order valence-corrected chi connectivity index (χ0v) is 8.34. The number of rotatable bonds is 2. The Morgan fingerprint density at radius 1 is 1.60 bits per heavy atom. The fourth-order valence-corrected chi connectivity index (χ4v) is 1.72. The maximum absolute atomic E-state index is 12.5. The number of amides is 1. The molecule has 82 valence electrons. The highest BCUT2D eigenvalue weighted by atomic mass is 19.3. The third-order valence-corrected chi connectivity index (χ3v) is 2.60. The Morgan fingerprint density at radius 3 is 2.73 bits per heavy atom. The molecule has 5 heteroatoms. The predicted molar refractivity (Wildman–Crippen MR) is 50.8 cm³/mol. The van der Waals surface area contributed by atoms with Gasteiger partial charge in [-0.15, -0.1) is 0 Å². The maximum atomic E-state index is 12.5. The van der Waals surface area contributed by atoms with E-state index < -0.39 is 5.92 Å². The first-order chi connectivity index (χ1) is 6.98. The molecule has 0 saturated heterocycles. The molecule has 1 amide bonds. The van der Waals surface area contributed by atoms with Crippen molar-refractivity contribution < 1.29 is 13.6 Å². The Bertz CT molecular complexity index is 379. The molecule has 0 aromatic carbocycles. The summed E-state index contributed by atoms with van der Waals surface area (Å²) in [4.78, 5) is 11.6. The molecule has 1 saturated carbocycles. The van der Waals surface area contributed by atoms with Gasteiger partial charge in [-0.1, -0.05) is 0 Å². The van der Waals surface area contributed by atoms with Crippen molar-refractivity contribution in [2.24, 2.45) is 7.05 Å². The van der Waals surface area contributed by atoms with E-state index in [1.165, 1.54) is 0 Å². The predicted octanol–water partition coefficient (Wildman–Crippen LogP) is 1.55. The number of carbonyl (C=O) groups is 1. The first kappa shape index (κ1) is 10.1. The summed E-state index contributed by atoms with van der Waals surface area (Å²) in [5, 5.41) is 2.58. The third kappa shape index (κ3) is 2.00. The molecule has 0 spiro atoms. The number of aryl methyl sites for hydroxylation is 1. The van der Waals surface area contributed by atoms with Gasteiger partial charge in [0, 0.05) is 32.1 Å². The van der Waals surface area contributed by atoms with Gasteiger partial charge in [0.25, 0.3) is 11.8 Å². The van der Waals surface area contributed by atoms with Crippen LogP contribution in [0.5, 0.6) is 0 Å². The van der Waals surface area contributed by atoms with Gasteiger partial charge in [0.2, 0.25) is 0 Å². The average Bonchev–Trinajstić information content (AvgIpc) is 2.47. The highest BCUT2D eigenvalue weighted by Crippen LogP contribution is 2.37. The summed E-state index contributed by atoms with van der Waals surface area (Å²) in [6, 6.07) is 3.01. The number of halogens is 2. The third-order valence-electron chi connectivity index (χ3n) is 2.60. The number of hydrogen-bond donors (Lipinski definition) is 1. The Balaban J connectivity index is 1.92. The van der Waals surface area contributed by atoms with E-state index in [4.69, 9.17) is 0 Å². The van der Waals surface area contributed by atoms with Gasteiger partial charge in [0.15, 0.2) is 0 Å². The number of hydrogen-bond acceptors (Lipinski definition) is 1. The second kappa shape index (κ2) is 3.32. The van der Waals surface area contributed by atoms with Crippen LogP contribution < -0.4 is 5.32 Å². The van der Waals surface area contributed by atoms with Crippen LogP contribution in [0.2, 0.25) is 0 Å². The lowest BCUT2D eigenvalue weighted by molar-refractivity contribution is -0.0901. The van der Waals surface area contributed by atoms with Gasteiger partial charge in [0.05, 0.1) is 0 Å². The molecule has 0 radical (unpaired) electrons. The maximum Gasteiger partial charge on any atom is 0.268 e. The lowest BCUT2D eigenvalue weighted by Gasteiger charge is -2.35. The second-order valence-electron chi connectivity index (χ2n) is 3.94. The Kier molecular flexibility index (Phi) is 2.25. The number of nitrogens with one attached hydrogen (secondary N) is 1. The van der Waals surface area contributed by atoms with Gasteiger partial charge in [0.1, 0.15) is 5.69 Å². The van der Waals surface area contributed by atoms with E-state index in [2.05, 4.69) is 5.32 Å². The lowest BCUT2D eigenvalue weighted by Crippen LogP contribution is -2.50. The van der Waals surface area contributed by atoms with Crippen LogP contribution in [0, 0.1) is 0 Å². The highest BCUT2D eigenvalue weighted by Gasteiger charge is 2.46. The summed E-state index contributed by atoms with van der Waals surface area (Å²) in [5.41, 5.74) is 0.491. The standard InChI is InChI=1S/C10H12F2N2O/c1-14-4-2-3-8(14)9(15)13-7-5-10(11,12)6-7/h2-4,7H,5-6H2,1H3,(H,13,15). The summed E-state index contributed by atoms with van der Waals surface area (Å²) in [6.07, 6.45) is 1.25. The van der Waals surface area contributed by atoms with Gasteiger partial charge < -0.3 is 9.88 Å². The number of aromatic nitrogens is 1. The van der Waals surface area contributed by atoms with Crippen molar-refractivity contribution in [3.05, 3.63) is 24.0 Å². The molecule has 0 bridgehead atoms. The molecule has 0 unspecified atom stereocenters. The minimum Gasteiger partial charge on any atom is -0.348 e. The van der Waals surface area contributed by atoms with E-state index in [-0.39, 0.29) is 24.8 Å². The van der Waals surface area contributed by atoms with Crippen molar-refractivity contribution in [3.8, 4) is 0 Å². The number of nitrogens with zero attached hydrogens (tertiary/aromatic N) is 1. The normalized spacial score (nSPS) is 19.7. The average molecular weight is 214 g/mol. The SMILES string of the molecule is Cn1cccc1C(=O)NC1CC(F)(F)C1. The monoisotopic (exact) mass is 214 g/mol. The number of alkyl halides is 2. The van der Waals surface area contributed by atoms with Gasteiger partial charge in [-0.2, -0.15) is 0 Å². The molecule has 1 fully saturated rings. The molecule has 1 aliphatic carbocycles. The van der Waals surface area contributed by atoms with Crippen molar-refractivity contribution in [3.63, 3.8) is 0 Å². The molecule has 15 heavy (non-hydrogen) atoms. The largest absolute Gasteiger partial charge is 0.348 e. The van der Waals surface area contributed by atoms with Crippen molar-refractivity contribution in [1.29, 1.82) is 0 Å². The molecule has 0 atom stereocenters. The summed E-state index contributed by atoms with van der Waals surface area (Å²) in [5.74, 6) is -2.88. The lowest BCUT2D eigenvalue weighted by atomic mass is 9.88. The molecule has 3 nitrogen and oxygen atoms in total. The van der Waals surface area contributed by atoms with Gasteiger partial charge in [-0.05, 0) is 12.1 Å². The fraction of sp³-hybridized carbons (Fsp3) is 0.500. The first-order valence-electron chi connectivity index (χ1n) is 4.78. The molecule has 1 heterocycles. The molecular weight excluding hydrogens is 202 g/mol. The van der Waals surface area contributed by atoms with E-state index in [1.54, 1.807) is 29.9 Å². The smallest absolute Gasteiger partial charge is 0.268 e. The summed E-state index contributed by atoms with van der Waals surface area (Å²) in [7, 11) is 1.74. The summed E-state index contributed by atoms with van der Waals surface area (Å²) < 4.78 is 26.7. The van der Waals surface area contributed by atoms with Crippen molar-refractivity contribution >= 4 is 5.91 Å². The molecule has 1 aliphatic rings. The van der Waals surface area contributed by atoms with Gasteiger partial charge in [-0.3, -0.25) is 4.79 Å². The van der Waals surface area contributed by atoms with Gasteiger partial charge >= 0.3 is 0 Å². The summed E-state index contributed by atoms with van der Waals surface area (Å²) in [6.45, 7) is 0. The van der Waals surface area contributed by atoms with Gasteiger partial charge in [-0.25, -0.2) is 8.78 Å². The van der Waals surface area contributed by atoms with Crippen LogP contribution >= 0.6 is 0 Å². The number of carbonyl (C=O) groups excluding carboxylic acids is 1. The Labute approximate surface area is 86.1 Å². The molecule has 2 rings (SSSR count). The van der Waals surface area contributed by atoms with Crippen molar-refractivity contribution in [2.75, 3.05) is 0 Å². The van der Waals surface area contributed by atoms with Crippen LogP contribution in [0.4, 0.5) is 8.78 Å². The van der Waals surface area contributed by atoms with Crippen LogP contribution in [0.1, 0.15) is 23.3 Å². The van der Waals surface area contributed by atoms with E-state index in [0.29, 0.717) is 5.69 Å². The van der Waals surface area contributed by atoms with Crippen LogP contribution in [0.25, 0.3) is 0 Å². The quantitative estimate of drug-likeness (QED) is 0.796. The molecule has 1 N–H and O–H groups in total. The first-order valence-corrected chi connectivity index (χ1v) is 4.78. The van der Waals surface area contributed by atoms with E-state index in [9.17, 15) is 13.6 Å². The summed E-state index contributed by atoms with van der Waals surface area (Å²) >= 11 is 0. The molecule has 0 aliphatic heterocycles. The fourth-order valence-electron chi connectivity index (χ4n) is 1.72. The van der Waals surface area contributed by atoms with Crippen molar-refractivity contribution in [2.45, 2.75) is 24.8 Å². The minimum atomic E-state index is -2.59. The molecule has 1 aromatic heterocycles.